The van der Waals surface area contributed by atoms with Crippen molar-refractivity contribution in [3.05, 3.63) is 29.1 Å². The number of rotatable bonds is 1. The summed E-state index contributed by atoms with van der Waals surface area (Å²) in [4.78, 5) is 9.08. The third-order valence-electron chi connectivity index (χ3n) is 3.29. The zero-order chi connectivity index (χ0) is 11.7. The first kappa shape index (κ1) is 11.1. The maximum Gasteiger partial charge on any atom is 0.157 e. The molecule has 1 aliphatic heterocycles. The summed E-state index contributed by atoms with van der Waals surface area (Å²) in [7, 11) is 0. The SMILES string of the molecule is Cc1cnc2c(c1)CCCC2NC1=NCCS1. The van der Waals surface area contributed by atoms with E-state index in [1.807, 2.05) is 18.0 Å². The molecule has 1 N–H and O–H groups in total. The van der Waals surface area contributed by atoms with Crippen molar-refractivity contribution in [1.82, 2.24) is 10.3 Å². The first-order valence-corrected chi connectivity index (χ1v) is 7.21. The Labute approximate surface area is 106 Å². The number of hydrogen-bond acceptors (Lipinski definition) is 4. The van der Waals surface area contributed by atoms with Crippen molar-refractivity contribution in [2.24, 2.45) is 4.99 Å². The van der Waals surface area contributed by atoms with Gasteiger partial charge in [0.1, 0.15) is 0 Å². The number of aliphatic imine (C=N–C) groups is 1. The van der Waals surface area contributed by atoms with E-state index in [0.29, 0.717) is 6.04 Å². The number of pyridine rings is 1. The van der Waals surface area contributed by atoms with E-state index < -0.39 is 0 Å². The minimum Gasteiger partial charge on any atom is -0.357 e. The molecule has 2 heterocycles. The summed E-state index contributed by atoms with van der Waals surface area (Å²) >= 11 is 1.82. The summed E-state index contributed by atoms with van der Waals surface area (Å²) in [5.74, 6) is 1.11. The molecule has 0 amide bonds. The van der Waals surface area contributed by atoms with Gasteiger partial charge in [-0.3, -0.25) is 9.98 Å². The predicted octanol–water partition coefficient (Wildman–Crippen LogP) is 2.46. The molecule has 1 aliphatic carbocycles. The van der Waals surface area contributed by atoms with Crippen LogP contribution in [-0.4, -0.2) is 22.4 Å². The van der Waals surface area contributed by atoms with Crippen LogP contribution in [0.3, 0.4) is 0 Å². The van der Waals surface area contributed by atoms with Crippen LogP contribution in [0, 0.1) is 6.92 Å². The maximum atomic E-state index is 4.62. The third kappa shape index (κ3) is 2.32. The molecule has 17 heavy (non-hydrogen) atoms. The Morgan fingerprint density at radius 2 is 2.41 bits per heavy atom. The highest BCUT2D eigenvalue weighted by Gasteiger charge is 2.23. The van der Waals surface area contributed by atoms with Crippen LogP contribution in [0.5, 0.6) is 0 Å². The lowest BCUT2D eigenvalue weighted by atomic mass is 9.91. The Morgan fingerprint density at radius 1 is 1.47 bits per heavy atom. The van der Waals surface area contributed by atoms with E-state index in [1.165, 1.54) is 36.1 Å². The quantitative estimate of drug-likeness (QED) is 0.828. The Bertz CT molecular complexity index is 456. The van der Waals surface area contributed by atoms with Crippen molar-refractivity contribution in [2.75, 3.05) is 12.3 Å². The molecule has 1 unspecified atom stereocenters. The summed E-state index contributed by atoms with van der Waals surface area (Å²) in [5.41, 5.74) is 3.91. The topological polar surface area (TPSA) is 37.3 Å². The average Bonchev–Trinajstić information content (AvgIpc) is 2.82. The van der Waals surface area contributed by atoms with Gasteiger partial charge < -0.3 is 5.32 Å². The fourth-order valence-electron chi connectivity index (χ4n) is 2.50. The number of nitrogens with zero attached hydrogens (tertiary/aromatic N) is 2. The van der Waals surface area contributed by atoms with Gasteiger partial charge in [-0.1, -0.05) is 17.8 Å². The monoisotopic (exact) mass is 247 g/mol. The van der Waals surface area contributed by atoms with Crippen LogP contribution in [0.1, 0.15) is 35.7 Å². The Balaban J connectivity index is 1.83. The van der Waals surface area contributed by atoms with Crippen molar-refractivity contribution in [3.8, 4) is 0 Å². The molecule has 0 radical (unpaired) electrons. The van der Waals surface area contributed by atoms with E-state index in [4.69, 9.17) is 0 Å². The molecule has 0 saturated carbocycles. The van der Waals surface area contributed by atoms with Gasteiger partial charge in [-0.05, 0) is 37.3 Å². The number of amidine groups is 1. The molecule has 1 aromatic heterocycles. The first-order valence-electron chi connectivity index (χ1n) is 6.22. The summed E-state index contributed by atoms with van der Waals surface area (Å²) in [6, 6.07) is 2.64. The maximum absolute atomic E-state index is 4.62. The molecular formula is C13H17N3S. The van der Waals surface area contributed by atoms with Gasteiger partial charge in [0.2, 0.25) is 0 Å². The minimum absolute atomic E-state index is 0.365. The van der Waals surface area contributed by atoms with E-state index in [0.717, 1.165) is 17.5 Å². The van der Waals surface area contributed by atoms with Gasteiger partial charge in [0, 0.05) is 11.9 Å². The van der Waals surface area contributed by atoms with Gasteiger partial charge in [0.05, 0.1) is 18.3 Å². The number of fused-ring (bicyclic) bond motifs is 1. The summed E-state index contributed by atoms with van der Waals surface area (Å²) in [5, 5.41) is 4.65. The first-order chi connectivity index (χ1) is 8.33. The second kappa shape index (κ2) is 4.69. The van der Waals surface area contributed by atoms with Crippen LogP contribution in [0.2, 0.25) is 0 Å². The third-order valence-corrected chi connectivity index (χ3v) is 4.20. The molecule has 1 aromatic rings. The zero-order valence-corrected chi connectivity index (χ0v) is 10.9. The Morgan fingerprint density at radius 3 is 3.24 bits per heavy atom. The lowest BCUT2D eigenvalue weighted by Gasteiger charge is -2.26. The molecule has 1 atom stereocenters. The second-order valence-electron chi connectivity index (χ2n) is 4.68. The van der Waals surface area contributed by atoms with E-state index in [1.54, 1.807) is 0 Å². The van der Waals surface area contributed by atoms with E-state index >= 15 is 0 Å². The summed E-state index contributed by atoms with van der Waals surface area (Å²) in [6.07, 6.45) is 5.56. The van der Waals surface area contributed by atoms with Crippen LogP contribution < -0.4 is 5.32 Å². The number of nitrogens with one attached hydrogen (secondary N) is 1. The van der Waals surface area contributed by atoms with Crippen LogP contribution in [0.25, 0.3) is 0 Å². The van der Waals surface area contributed by atoms with Gasteiger partial charge in [0.25, 0.3) is 0 Å². The van der Waals surface area contributed by atoms with Crippen molar-refractivity contribution in [3.63, 3.8) is 0 Å². The van der Waals surface area contributed by atoms with Crippen LogP contribution in [0.4, 0.5) is 0 Å². The number of aromatic nitrogens is 1. The fourth-order valence-corrected chi connectivity index (χ4v) is 3.28. The number of thioether (sulfide) groups is 1. The van der Waals surface area contributed by atoms with Gasteiger partial charge in [0.15, 0.2) is 5.17 Å². The summed E-state index contributed by atoms with van der Waals surface area (Å²) in [6.45, 7) is 3.06. The van der Waals surface area contributed by atoms with Crippen LogP contribution in [-0.2, 0) is 6.42 Å². The lowest BCUT2D eigenvalue weighted by Crippen LogP contribution is -2.29. The van der Waals surface area contributed by atoms with Crippen molar-refractivity contribution >= 4 is 16.9 Å². The standard InChI is InChI=1S/C13H17N3S/c1-9-7-10-3-2-4-11(12(10)15-8-9)16-13-14-5-6-17-13/h7-8,11H,2-6H2,1H3,(H,14,16). The fraction of sp³-hybridized carbons (Fsp3) is 0.538. The number of aryl methyl sites for hydroxylation is 2. The molecule has 0 fully saturated rings. The summed E-state index contributed by atoms with van der Waals surface area (Å²) < 4.78 is 0. The van der Waals surface area contributed by atoms with Crippen molar-refractivity contribution in [2.45, 2.75) is 32.2 Å². The molecule has 2 aliphatic rings. The van der Waals surface area contributed by atoms with Crippen molar-refractivity contribution < 1.29 is 0 Å². The molecule has 0 aromatic carbocycles. The molecular weight excluding hydrogens is 230 g/mol. The molecule has 90 valence electrons. The Kier molecular flexibility index (Phi) is 3.05. The highest BCUT2D eigenvalue weighted by Crippen LogP contribution is 2.29. The number of hydrogen-bond donors (Lipinski definition) is 1. The zero-order valence-electron chi connectivity index (χ0n) is 10.1. The highest BCUT2D eigenvalue weighted by atomic mass is 32.2. The Hall–Kier alpha value is -1.03. The molecule has 0 spiro atoms. The minimum atomic E-state index is 0.365. The predicted molar refractivity (Wildman–Crippen MR) is 72.5 cm³/mol. The van der Waals surface area contributed by atoms with E-state index in [2.05, 4.69) is 28.3 Å². The molecule has 3 nitrogen and oxygen atoms in total. The van der Waals surface area contributed by atoms with Crippen molar-refractivity contribution in [1.29, 1.82) is 0 Å². The largest absolute Gasteiger partial charge is 0.357 e. The second-order valence-corrected chi connectivity index (χ2v) is 5.77. The highest BCUT2D eigenvalue weighted by molar-refractivity contribution is 8.14. The van der Waals surface area contributed by atoms with Gasteiger partial charge in [-0.25, -0.2) is 0 Å². The molecule has 4 heteroatoms. The van der Waals surface area contributed by atoms with E-state index in [-0.39, 0.29) is 0 Å². The smallest absolute Gasteiger partial charge is 0.157 e. The molecule has 0 bridgehead atoms. The molecule has 0 saturated heterocycles. The average molecular weight is 247 g/mol. The lowest BCUT2D eigenvalue weighted by molar-refractivity contribution is 0.514. The van der Waals surface area contributed by atoms with Gasteiger partial charge in [-0.2, -0.15) is 0 Å². The normalized spacial score (nSPS) is 23.1. The molecule has 3 rings (SSSR count). The van der Waals surface area contributed by atoms with Gasteiger partial charge in [-0.15, -0.1) is 0 Å². The van der Waals surface area contributed by atoms with E-state index in [9.17, 15) is 0 Å². The van der Waals surface area contributed by atoms with Crippen LogP contribution >= 0.6 is 11.8 Å². The van der Waals surface area contributed by atoms with Crippen LogP contribution in [0.15, 0.2) is 17.3 Å². The van der Waals surface area contributed by atoms with Gasteiger partial charge >= 0.3 is 0 Å².